The molecule has 1 saturated carbocycles. The molecule has 1 N–H and O–H groups in total. The second kappa shape index (κ2) is 6.32. The van der Waals surface area contributed by atoms with Crippen LogP contribution < -0.4 is 5.32 Å². The summed E-state index contributed by atoms with van der Waals surface area (Å²) in [5.41, 5.74) is 2.35. The van der Waals surface area contributed by atoms with Gasteiger partial charge in [0, 0.05) is 25.0 Å². The first-order valence-electron chi connectivity index (χ1n) is 7.70. The lowest BCUT2D eigenvalue weighted by Crippen LogP contribution is -2.19. The summed E-state index contributed by atoms with van der Waals surface area (Å²) in [4.78, 5) is 4.48. The molecule has 0 atom stereocenters. The van der Waals surface area contributed by atoms with E-state index in [1.807, 2.05) is 6.20 Å². The van der Waals surface area contributed by atoms with Crippen LogP contribution in [0.15, 0.2) is 16.9 Å². The van der Waals surface area contributed by atoms with Gasteiger partial charge in [0.05, 0.1) is 29.0 Å². The van der Waals surface area contributed by atoms with Gasteiger partial charge < -0.3 is 9.88 Å². The van der Waals surface area contributed by atoms with Crippen molar-refractivity contribution in [2.24, 2.45) is 0 Å². The van der Waals surface area contributed by atoms with Gasteiger partial charge >= 0.3 is 0 Å². The van der Waals surface area contributed by atoms with E-state index in [-0.39, 0.29) is 0 Å². The van der Waals surface area contributed by atoms with E-state index < -0.39 is 0 Å². The molecule has 0 aliphatic heterocycles. The van der Waals surface area contributed by atoms with Gasteiger partial charge in [-0.25, -0.2) is 4.98 Å². The van der Waals surface area contributed by atoms with Crippen molar-refractivity contribution in [2.45, 2.75) is 58.8 Å². The van der Waals surface area contributed by atoms with Crippen molar-refractivity contribution in [3.63, 3.8) is 0 Å². The Labute approximate surface area is 133 Å². The topological polar surface area (TPSA) is 47.7 Å². The first-order chi connectivity index (χ1) is 10.2. The molecule has 21 heavy (non-hydrogen) atoms. The van der Waals surface area contributed by atoms with Gasteiger partial charge in [-0.05, 0) is 42.1 Å². The molecule has 2 aromatic heterocycles. The number of hydrogen-bond donors (Lipinski definition) is 1. The maximum Gasteiger partial charge on any atom is 0.123 e. The minimum absolute atomic E-state index is 0.703. The Morgan fingerprint density at radius 3 is 2.86 bits per heavy atom. The first kappa shape index (κ1) is 14.8. The molecule has 0 radical (unpaired) electrons. The highest BCUT2D eigenvalue weighted by atomic mass is 79.9. The number of nitrogens with one attached hydrogen (secondary N) is 1. The van der Waals surface area contributed by atoms with Crippen LogP contribution in [-0.2, 0) is 26.1 Å². The molecular formula is C15H22BrN5. The maximum atomic E-state index is 4.66. The third-order valence-electron chi connectivity index (χ3n) is 3.94. The molecule has 2 aromatic rings. The van der Waals surface area contributed by atoms with Crippen molar-refractivity contribution in [1.29, 1.82) is 0 Å². The van der Waals surface area contributed by atoms with E-state index >= 15 is 0 Å². The summed E-state index contributed by atoms with van der Waals surface area (Å²) in [7, 11) is 0. The predicted molar refractivity (Wildman–Crippen MR) is 86.2 cm³/mol. The minimum Gasteiger partial charge on any atom is -0.328 e. The molecule has 0 aromatic carbocycles. The molecule has 1 aliphatic carbocycles. The molecule has 114 valence electrons. The second-order valence-electron chi connectivity index (χ2n) is 5.50. The lowest BCUT2D eigenvalue weighted by molar-refractivity contribution is 0.570. The summed E-state index contributed by atoms with van der Waals surface area (Å²) >= 11 is 3.71. The summed E-state index contributed by atoms with van der Waals surface area (Å²) < 4.78 is 5.44. The normalized spacial score (nSPS) is 14.8. The fourth-order valence-electron chi connectivity index (χ4n) is 2.50. The minimum atomic E-state index is 0.703. The van der Waals surface area contributed by atoms with E-state index in [9.17, 15) is 0 Å². The Bertz CT molecular complexity index is 612. The van der Waals surface area contributed by atoms with Crippen molar-refractivity contribution in [3.8, 4) is 0 Å². The highest BCUT2D eigenvalue weighted by Gasteiger charge is 2.21. The number of aromatic nitrogens is 4. The first-order valence-corrected chi connectivity index (χ1v) is 8.49. The highest BCUT2D eigenvalue weighted by Crippen LogP contribution is 2.24. The monoisotopic (exact) mass is 351 g/mol. The molecule has 5 nitrogen and oxygen atoms in total. The molecule has 1 aliphatic rings. The SMILES string of the molecule is CCc1nn(CC)c(Cn2ccnc2CNC2CC2)c1Br. The van der Waals surface area contributed by atoms with Gasteiger partial charge in [0.15, 0.2) is 0 Å². The number of nitrogens with zero attached hydrogens (tertiary/aromatic N) is 4. The number of rotatable bonds is 7. The van der Waals surface area contributed by atoms with E-state index in [4.69, 9.17) is 0 Å². The average molecular weight is 352 g/mol. The van der Waals surface area contributed by atoms with Gasteiger partial charge in [0.25, 0.3) is 0 Å². The van der Waals surface area contributed by atoms with Crippen LogP contribution in [-0.4, -0.2) is 25.4 Å². The molecular weight excluding hydrogens is 330 g/mol. The molecule has 0 saturated heterocycles. The van der Waals surface area contributed by atoms with Gasteiger partial charge in [-0.15, -0.1) is 0 Å². The van der Waals surface area contributed by atoms with Crippen LogP contribution in [0.3, 0.4) is 0 Å². The van der Waals surface area contributed by atoms with Gasteiger partial charge in [0.2, 0.25) is 0 Å². The Hall–Kier alpha value is -1.14. The van der Waals surface area contributed by atoms with Crippen LogP contribution in [0.5, 0.6) is 0 Å². The number of hydrogen-bond acceptors (Lipinski definition) is 3. The van der Waals surface area contributed by atoms with Gasteiger partial charge in [-0.3, -0.25) is 4.68 Å². The van der Waals surface area contributed by atoms with Crippen molar-refractivity contribution < 1.29 is 0 Å². The van der Waals surface area contributed by atoms with E-state index in [2.05, 4.69) is 60.6 Å². The fraction of sp³-hybridized carbons (Fsp3) is 0.600. The van der Waals surface area contributed by atoms with Crippen LogP contribution in [0.2, 0.25) is 0 Å². The molecule has 0 bridgehead atoms. The van der Waals surface area contributed by atoms with Crippen LogP contribution >= 0.6 is 15.9 Å². The summed E-state index contributed by atoms with van der Waals surface area (Å²) in [6, 6.07) is 0.703. The van der Waals surface area contributed by atoms with Crippen molar-refractivity contribution in [1.82, 2.24) is 24.6 Å². The smallest absolute Gasteiger partial charge is 0.123 e. The van der Waals surface area contributed by atoms with Crippen molar-refractivity contribution in [2.75, 3.05) is 0 Å². The quantitative estimate of drug-likeness (QED) is 0.834. The molecule has 6 heteroatoms. The van der Waals surface area contributed by atoms with Crippen LogP contribution in [0.4, 0.5) is 0 Å². The summed E-state index contributed by atoms with van der Waals surface area (Å²) in [5, 5.41) is 8.19. The second-order valence-corrected chi connectivity index (χ2v) is 6.30. The zero-order chi connectivity index (χ0) is 14.8. The molecule has 2 heterocycles. The van der Waals surface area contributed by atoms with Crippen molar-refractivity contribution >= 4 is 15.9 Å². The van der Waals surface area contributed by atoms with E-state index in [1.165, 1.54) is 18.5 Å². The van der Waals surface area contributed by atoms with E-state index in [1.54, 1.807) is 0 Å². The number of imidazole rings is 1. The third kappa shape index (κ3) is 3.21. The lowest BCUT2D eigenvalue weighted by atomic mass is 10.3. The summed E-state index contributed by atoms with van der Waals surface area (Å²) in [6.45, 7) is 6.81. The van der Waals surface area contributed by atoms with Gasteiger partial charge in [-0.2, -0.15) is 5.10 Å². The Morgan fingerprint density at radius 1 is 1.38 bits per heavy atom. The van der Waals surface area contributed by atoms with E-state index in [0.29, 0.717) is 6.04 Å². The highest BCUT2D eigenvalue weighted by molar-refractivity contribution is 9.10. The molecule has 3 rings (SSSR count). The number of aryl methyl sites for hydroxylation is 2. The Balaban J connectivity index is 1.79. The van der Waals surface area contributed by atoms with Gasteiger partial charge in [-0.1, -0.05) is 6.92 Å². The van der Waals surface area contributed by atoms with E-state index in [0.717, 1.165) is 42.0 Å². The standard InChI is InChI=1S/C15H22BrN5/c1-3-12-15(16)13(21(4-2)19-12)10-20-8-7-17-14(20)9-18-11-5-6-11/h7-8,11,18H,3-6,9-10H2,1-2H3. The fourth-order valence-corrected chi connectivity index (χ4v) is 3.19. The lowest BCUT2D eigenvalue weighted by Gasteiger charge is -2.10. The molecule has 0 unspecified atom stereocenters. The predicted octanol–water partition coefficient (Wildman–Crippen LogP) is 2.72. The van der Waals surface area contributed by atoms with Gasteiger partial charge in [0.1, 0.15) is 5.82 Å². The average Bonchev–Trinajstić information content (AvgIpc) is 3.14. The van der Waals surface area contributed by atoms with Crippen molar-refractivity contribution in [3.05, 3.63) is 34.1 Å². The van der Waals surface area contributed by atoms with Crippen LogP contribution in [0.25, 0.3) is 0 Å². The summed E-state index contributed by atoms with van der Waals surface area (Å²) in [6.07, 6.45) is 7.48. The molecule has 0 spiro atoms. The Kier molecular flexibility index (Phi) is 4.45. The van der Waals surface area contributed by atoms with Crippen LogP contribution in [0, 0.1) is 0 Å². The number of halogens is 1. The zero-order valence-electron chi connectivity index (χ0n) is 12.6. The molecule has 0 amide bonds. The largest absolute Gasteiger partial charge is 0.328 e. The maximum absolute atomic E-state index is 4.66. The Morgan fingerprint density at radius 2 is 2.19 bits per heavy atom. The molecule has 1 fully saturated rings. The zero-order valence-corrected chi connectivity index (χ0v) is 14.2. The summed E-state index contributed by atoms with van der Waals surface area (Å²) in [5.74, 6) is 1.09. The third-order valence-corrected chi connectivity index (χ3v) is 4.86. The van der Waals surface area contributed by atoms with Crippen LogP contribution in [0.1, 0.15) is 43.9 Å².